The van der Waals surface area contributed by atoms with Crippen LogP contribution in [0.2, 0.25) is 0 Å². The maximum absolute atomic E-state index is 4.93. The van der Waals surface area contributed by atoms with Gasteiger partial charge < -0.3 is 0 Å². The van der Waals surface area contributed by atoms with Crippen LogP contribution in [0.15, 0.2) is 146 Å². The fraction of sp³-hybridized carbons (Fsp3) is 0. The zero-order chi connectivity index (χ0) is 30.2. The van der Waals surface area contributed by atoms with Gasteiger partial charge in [-0.05, 0) is 101 Å². The second kappa shape index (κ2) is 9.62. The molecule has 0 saturated heterocycles. The van der Waals surface area contributed by atoms with E-state index in [9.17, 15) is 0 Å². The average Bonchev–Trinajstić information content (AvgIpc) is 3.13. The highest BCUT2D eigenvalue weighted by molar-refractivity contribution is 6.37. The van der Waals surface area contributed by atoms with E-state index in [1.165, 1.54) is 64.6 Å². The van der Waals surface area contributed by atoms with E-state index in [0.29, 0.717) is 0 Å². The molecule has 10 rings (SSSR count). The molecule has 10 aromatic rings. The lowest BCUT2D eigenvalue weighted by atomic mass is 9.87. The number of pyridine rings is 2. The summed E-state index contributed by atoms with van der Waals surface area (Å²) >= 11 is 0. The number of hydrogen-bond acceptors (Lipinski definition) is 4. The number of aromatic nitrogens is 4. The quantitative estimate of drug-likeness (QED) is 0.194. The standard InChI is InChI=1S/C42H24N4/c1-2-19-43-35(12-1)36-18-17-29(22-44-36)37-23-46-38(24-45-37)30-20-28-16-15-27-7-4-10-32-31-9-3-6-25-13-14-26-8-5-11-33(41(26)39(25)31)34(21-30)42(28)40(27)32/h1-24H. The Morgan fingerprint density at radius 2 is 0.848 bits per heavy atom. The van der Waals surface area contributed by atoms with Gasteiger partial charge in [-0.3, -0.25) is 19.9 Å². The topological polar surface area (TPSA) is 51.6 Å². The Labute approximate surface area is 264 Å². The molecular weight excluding hydrogens is 560 g/mol. The minimum absolute atomic E-state index is 0.780. The lowest BCUT2D eigenvalue weighted by Crippen LogP contribution is -1.92. The van der Waals surface area contributed by atoms with Crippen LogP contribution in [-0.2, 0) is 0 Å². The van der Waals surface area contributed by atoms with E-state index >= 15 is 0 Å². The minimum atomic E-state index is 0.780. The molecule has 4 heteroatoms. The summed E-state index contributed by atoms with van der Waals surface area (Å²) in [7, 11) is 0. The van der Waals surface area contributed by atoms with Crippen molar-refractivity contribution in [3.05, 3.63) is 146 Å². The van der Waals surface area contributed by atoms with Crippen LogP contribution in [0, 0.1) is 0 Å². The van der Waals surface area contributed by atoms with E-state index in [4.69, 9.17) is 9.97 Å². The van der Waals surface area contributed by atoms with E-state index in [2.05, 4.69) is 101 Å². The van der Waals surface area contributed by atoms with Gasteiger partial charge in [0.1, 0.15) is 0 Å². The van der Waals surface area contributed by atoms with Crippen LogP contribution in [0.1, 0.15) is 0 Å². The van der Waals surface area contributed by atoms with E-state index in [-0.39, 0.29) is 0 Å². The zero-order valence-electron chi connectivity index (χ0n) is 24.6. The lowest BCUT2D eigenvalue weighted by molar-refractivity contribution is 1.19. The van der Waals surface area contributed by atoms with Gasteiger partial charge in [-0.15, -0.1) is 0 Å². The van der Waals surface area contributed by atoms with Crippen molar-refractivity contribution < 1.29 is 0 Å². The molecule has 3 heterocycles. The molecule has 212 valence electrons. The Kier molecular flexibility index (Phi) is 5.25. The lowest BCUT2D eigenvalue weighted by Gasteiger charge is -2.16. The molecule has 46 heavy (non-hydrogen) atoms. The maximum atomic E-state index is 4.93. The van der Waals surface area contributed by atoms with Gasteiger partial charge in [0, 0.05) is 23.5 Å². The van der Waals surface area contributed by atoms with Gasteiger partial charge in [-0.2, -0.15) is 0 Å². The fourth-order valence-corrected chi connectivity index (χ4v) is 7.27. The summed E-state index contributed by atoms with van der Waals surface area (Å²) in [6.07, 6.45) is 7.33. The third-order valence-corrected chi connectivity index (χ3v) is 9.36. The molecule has 0 saturated carbocycles. The summed E-state index contributed by atoms with van der Waals surface area (Å²) < 4.78 is 0. The largest absolute Gasteiger partial charge is 0.255 e. The Bertz CT molecular complexity index is 2760. The average molecular weight is 585 g/mol. The van der Waals surface area contributed by atoms with Crippen molar-refractivity contribution in [2.45, 2.75) is 0 Å². The van der Waals surface area contributed by atoms with Crippen molar-refractivity contribution in [3.8, 4) is 33.9 Å². The van der Waals surface area contributed by atoms with Crippen molar-refractivity contribution in [2.24, 2.45) is 0 Å². The molecule has 0 aliphatic carbocycles. The van der Waals surface area contributed by atoms with Crippen molar-refractivity contribution in [3.63, 3.8) is 0 Å². The Morgan fingerprint density at radius 1 is 0.304 bits per heavy atom. The highest BCUT2D eigenvalue weighted by Crippen LogP contribution is 2.44. The van der Waals surface area contributed by atoms with Crippen LogP contribution in [0.5, 0.6) is 0 Å². The molecule has 0 aliphatic rings. The van der Waals surface area contributed by atoms with Gasteiger partial charge in [0.15, 0.2) is 0 Å². The number of hydrogen-bond donors (Lipinski definition) is 0. The molecule has 0 bridgehead atoms. The Balaban J connectivity index is 1.21. The summed E-state index contributed by atoms with van der Waals surface area (Å²) in [5, 5.41) is 15.1. The maximum Gasteiger partial charge on any atom is 0.0901 e. The van der Waals surface area contributed by atoms with E-state index in [1.54, 1.807) is 6.20 Å². The van der Waals surface area contributed by atoms with E-state index in [1.807, 2.05) is 48.9 Å². The monoisotopic (exact) mass is 584 g/mol. The van der Waals surface area contributed by atoms with Gasteiger partial charge in [-0.25, -0.2) is 0 Å². The number of nitrogens with zero attached hydrogens (tertiary/aromatic N) is 4. The second-order valence-corrected chi connectivity index (χ2v) is 11.9. The predicted octanol–water partition coefficient (Wildman–Crippen LogP) is 10.6. The molecule has 0 fully saturated rings. The van der Waals surface area contributed by atoms with Crippen molar-refractivity contribution in [1.29, 1.82) is 0 Å². The summed E-state index contributed by atoms with van der Waals surface area (Å²) in [5.74, 6) is 0. The first-order valence-electron chi connectivity index (χ1n) is 15.5. The van der Waals surface area contributed by atoms with Crippen LogP contribution in [0.3, 0.4) is 0 Å². The van der Waals surface area contributed by atoms with Gasteiger partial charge in [-0.1, -0.05) is 84.9 Å². The molecule has 0 amide bonds. The minimum Gasteiger partial charge on any atom is -0.255 e. The van der Waals surface area contributed by atoms with Gasteiger partial charge in [0.25, 0.3) is 0 Å². The van der Waals surface area contributed by atoms with Crippen molar-refractivity contribution >= 4 is 64.6 Å². The Morgan fingerprint density at radius 3 is 1.41 bits per heavy atom. The molecular formula is C42H24N4. The van der Waals surface area contributed by atoms with E-state index in [0.717, 1.165) is 33.9 Å². The van der Waals surface area contributed by atoms with Crippen LogP contribution in [0.25, 0.3) is 98.5 Å². The van der Waals surface area contributed by atoms with Crippen LogP contribution >= 0.6 is 0 Å². The van der Waals surface area contributed by atoms with Crippen LogP contribution < -0.4 is 0 Å². The van der Waals surface area contributed by atoms with Crippen LogP contribution in [0.4, 0.5) is 0 Å². The molecule has 0 atom stereocenters. The molecule has 0 unspecified atom stereocenters. The SMILES string of the molecule is c1ccc(-c2ccc(-c3cnc(-c4cc5ccc6cccc7c8cccc9ccc%10cccc(c(c4)c5c67)c%10c98)cn3)cn2)nc1. The first-order chi connectivity index (χ1) is 22.8. The molecule has 0 radical (unpaired) electrons. The summed E-state index contributed by atoms with van der Waals surface area (Å²) in [4.78, 5) is 18.8. The second-order valence-electron chi connectivity index (χ2n) is 11.9. The van der Waals surface area contributed by atoms with Crippen molar-refractivity contribution in [2.75, 3.05) is 0 Å². The summed E-state index contributed by atoms with van der Waals surface area (Å²) in [6.45, 7) is 0. The number of fused-ring (bicyclic) bond motifs is 2. The normalized spacial score (nSPS) is 11.9. The molecule has 0 aliphatic heterocycles. The van der Waals surface area contributed by atoms with Gasteiger partial charge in [0.2, 0.25) is 0 Å². The van der Waals surface area contributed by atoms with E-state index < -0.39 is 0 Å². The summed E-state index contributed by atoms with van der Waals surface area (Å²) in [5.41, 5.74) is 5.24. The molecule has 3 aromatic heterocycles. The fourth-order valence-electron chi connectivity index (χ4n) is 7.27. The predicted molar refractivity (Wildman–Crippen MR) is 190 cm³/mol. The molecule has 7 aromatic carbocycles. The zero-order valence-corrected chi connectivity index (χ0v) is 24.6. The first-order valence-corrected chi connectivity index (χ1v) is 15.5. The van der Waals surface area contributed by atoms with Crippen molar-refractivity contribution in [1.82, 2.24) is 19.9 Å². The third kappa shape index (κ3) is 3.67. The highest BCUT2D eigenvalue weighted by Gasteiger charge is 2.16. The molecule has 4 nitrogen and oxygen atoms in total. The third-order valence-electron chi connectivity index (χ3n) is 9.36. The van der Waals surface area contributed by atoms with Gasteiger partial charge in [0.05, 0.1) is 35.2 Å². The smallest absolute Gasteiger partial charge is 0.0901 e. The number of rotatable bonds is 3. The molecule has 0 spiro atoms. The number of benzene rings is 6. The Hall–Kier alpha value is -6.26. The highest BCUT2D eigenvalue weighted by atomic mass is 14.8. The van der Waals surface area contributed by atoms with Crippen LogP contribution in [-0.4, -0.2) is 19.9 Å². The summed E-state index contributed by atoms with van der Waals surface area (Å²) in [6, 6.07) is 43.5. The van der Waals surface area contributed by atoms with Gasteiger partial charge >= 0.3 is 0 Å². The first kappa shape index (κ1) is 25.1. The molecule has 0 N–H and O–H groups in total.